The summed E-state index contributed by atoms with van der Waals surface area (Å²) in [6.07, 6.45) is 4.69. The minimum absolute atomic E-state index is 0.0293. The van der Waals surface area contributed by atoms with Gasteiger partial charge >= 0.3 is 0 Å². The summed E-state index contributed by atoms with van der Waals surface area (Å²) in [7, 11) is 0. The molecule has 1 fully saturated rings. The number of carbonyl (C=O) groups excluding carboxylic acids is 3. The molecule has 0 radical (unpaired) electrons. The topological polar surface area (TPSA) is 98.7 Å². The average molecular weight is 462 g/mol. The lowest BCUT2D eigenvalue weighted by Gasteiger charge is -2.35. The fraction of sp³-hybridized carbons (Fsp3) is 0.370. The number of aliphatic hydroxyl groups is 1. The van der Waals surface area contributed by atoms with E-state index in [2.05, 4.69) is 16.6 Å². The van der Waals surface area contributed by atoms with Gasteiger partial charge in [-0.1, -0.05) is 57.0 Å². The van der Waals surface area contributed by atoms with E-state index in [0.717, 1.165) is 11.1 Å². The average Bonchev–Trinajstić information content (AvgIpc) is 3.22. The van der Waals surface area contributed by atoms with Crippen LogP contribution < -0.4 is 10.6 Å². The number of β-amino-alcohol motifs (C(OH)–C–C–N with tert-alkyl or cyclic N) is 1. The van der Waals surface area contributed by atoms with Crippen LogP contribution in [0.25, 0.3) is 0 Å². The molecule has 2 aromatic rings. The summed E-state index contributed by atoms with van der Waals surface area (Å²) in [4.78, 5) is 40.7. The molecule has 1 heterocycles. The Kier molecular flexibility index (Phi) is 7.75. The molecule has 7 heteroatoms. The molecule has 0 aromatic heterocycles. The quantitative estimate of drug-likeness (QED) is 0.574. The first-order valence-electron chi connectivity index (χ1n) is 11.3. The lowest BCUT2D eigenvalue weighted by atomic mass is 9.85. The van der Waals surface area contributed by atoms with E-state index in [0.29, 0.717) is 5.56 Å². The van der Waals surface area contributed by atoms with Gasteiger partial charge in [0, 0.05) is 30.6 Å². The van der Waals surface area contributed by atoms with Crippen LogP contribution in [0.4, 0.5) is 0 Å². The molecular formula is C27H31N3O4. The van der Waals surface area contributed by atoms with Crippen LogP contribution in [0.5, 0.6) is 0 Å². The van der Waals surface area contributed by atoms with Crippen molar-refractivity contribution in [2.45, 2.75) is 51.9 Å². The zero-order chi connectivity index (χ0) is 24.9. The van der Waals surface area contributed by atoms with Crippen molar-refractivity contribution in [3.05, 3.63) is 71.3 Å². The number of aliphatic hydroxyl groups excluding tert-OH is 1. The lowest BCUT2D eigenvalue weighted by Crippen LogP contribution is -2.57. The zero-order valence-electron chi connectivity index (χ0n) is 19.7. The van der Waals surface area contributed by atoms with Crippen molar-refractivity contribution in [3.8, 4) is 12.3 Å². The molecule has 3 amide bonds. The molecule has 0 spiro atoms. The second kappa shape index (κ2) is 10.5. The predicted octanol–water partition coefficient (Wildman–Crippen LogP) is 2.09. The smallest absolute Gasteiger partial charge is 0.251 e. The van der Waals surface area contributed by atoms with Crippen molar-refractivity contribution in [1.82, 2.24) is 15.5 Å². The first-order valence-corrected chi connectivity index (χ1v) is 11.3. The molecular weight excluding hydrogens is 430 g/mol. The summed E-state index contributed by atoms with van der Waals surface area (Å²) in [5.41, 5.74) is 1.44. The molecule has 2 aromatic carbocycles. The number of nitrogens with zero attached hydrogens (tertiary/aromatic N) is 1. The van der Waals surface area contributed by atoms with Gasteiger partial charge in [-0.15, -0.1) is 6.42 Å². The summed E-state index contributed by atoms with van der Waals surface area (Å²) in [6.45, 7) is 5.85. The Morgan fingerprint density at radius 2 is 1.76 bits per heavy atom. The van der Waals surface area contributed by atoms with Crippen LogP contribution in [-0.4, -0.2) is 52.5 Å². The van der Waals surface area contributed by atoms with Gasteiger partial charge in [-0.2, -0.15) is 0 Å². The van der Waals surface area contributed by atoms with E-state index in [1.807, 2.05) is 39.0 Å². The number of hydrogen-bond acceptors (Lipinski definition) is 4. The van der Waals surface area contributed by atoms with Gasteiger partial charge in [0.15, 0.2) is 0 Å². The molecule has 1 aliphatic heterocycles. The van der Waals surface area contributed by atoms with Crippen LogP contribution in [0.15, 0.2) is 54.6 Å². The molecule has 3 rings (SSSR count). The Hall–Kier alpha value is -3.63. The van der Waals surface area contributed by atoms with Gasteiger partial charge in [-0.3, -0.25) is 14.4 Å². The highest BCUT2D eigenvalue weighted by molar-refractivity contribution is 5.98. The van der Waals surface area contributed by atoms with Crippen molar-refractivity contribution in [3.63, 3.8) is 0 Å². The van der Waals surface area contributed by atoms with Crippen LogP contribution in [0.1, 0.15) is 48.7 Å². The number of benzene rings is 2. The molecule has 0 bridgehead atoms. The van der Waals surface area contributed by atoms with Gasteiger partial charge in [-0.25, -0.2) is 0 Å². The summed E-state index contributed by atoms with van der Waals surface area (Å²) < 4.78 is 0. The molecule has 7 nitrogen and oxygen atoms in total. The van der Waals surface area contributed by atoms with Crippen molar-refractivity contribution in [2.75, 3.05) is 6.54 Å². The maximum Gasteiger partial charge on any atom is 0.251 e. The van der Waals surface area contributed by atoms with E-state index in [4.69, 9.17) is 6.42 Å². The Balaban J connectivity index is 1.73. The monoisotopic (exact) mass is 461 g/mol. The first kappa shape index (κ1) is 25.0. The van der Waals surface area contributed by atoms with E-state index < -0.39 is 29.5 Å². The third kappa shape index (κ3) is 6.03. The SMILES string of the molecule is C#Cc1ccc(CNC(=O)[C@@H]2C[C@@H](O)CN2C(=O)[C@@H](NC(=O)c2ccccc2)C(C)(C)C)cc1. The minimum atomic E-state index is -0.878. The number of nitrogens with one attached hydrogen (secondary N) is 2. The lowest BCUT2D eigenvalue weighted by molar-refractivity contribution is -0.142. The van der Waals surface area contributed by atoms with Gasteiger partial charge < -0.3 is 20.6 Å². The highest BCUT2D eigenvalue weighted by Gasteiger charge is 2.44. The summed E-state index contributed by atoms with van der Waals surface area (Å²) in [5.74, 6) is 1.42. The van der Waals surface area contributed by atoms with Crippen LogP contribution in [-0.2, 0) is 16.1 Å². The van der Waals surface area contributed by atoms with Crippen LogP contribution >= 0.6 is 0 Å². The highest BCUT2D eigenvalue weighted by Crippen LogP contribution is 2.26. The molecule has 1 aliphatic rings. The van der Waals surface area contributed by atoms with E-state index in [1.54, 1.807) is 36.4 Å². The van der Waals surface area contributed by atoms with Crippen molar-refractivity contribution in [1.29, 1.82) is 0 Å². The van der Waals surface area contributed by atoms with Gasteiger partial charge in [0.05, 0.1) is 6.10 Å². The number of likely N-dealkylation sites (tertiary alicyclic amines) is 1. The number of amides is 3. The largest absolute Gasteiger partial charge is 0.391 e. The van der Waals surface area contributed by atoms with Crippen LogP contribution in [0.3, 0.4) is 0 Å². The van der Waals surface area contributed by atoms with Gasteiger partial charge in [0.1, 0.15) is 12.1 Å². The molecule has 0 aliphatic carbocycles. The van der Waals surface area contributed by atoms with Gasteiger partial charge in [-0.05, 0) is 35.2 Å². The van der Waals surface area contributed by atoms with Crippen molar-refractivity contribution < 1.29 is 19.5 Å². The molecule has 34 heavy (non-hydrogen) atoms. The van der Waals surface area contributed by atoms with E-state index in [1.165, 1.54) is 4.90 Å². The van der Waals surface area contributed by atoms with Gasteiger partial charge in [0.2, 0.25) is 11.8 Å². The molecule has 0 saturated carbocycles. The third-order valence-electron chi connectivity index (χ3n) is 5.88. The normalized spacial score (nSPS) is 18.6. The minimum Gasteiger partial charge on any atom is -0.391 e. The Bertz CT molecular complexity index is 1070. The Morgan fingerprint density at radius 3 is 2.35 bits per heavy atom. The second-order valence-corrected chi connectivity index (χ2v) is 9.59. The van der Waals surface area contributed by atoms with E-state index in [9.17, 15) is 19.5 Å². The summed E-state index contributed by atoms with van der Waals surface area (Å²) in [6, 6.07) is 14.2. The predicted molar refractivity (Wildman–Crippen MR) is 129 cm³/mol. The zero-order valence-corrected chi connectivity index (χ0v) is 19.7. The maximum absolute atomic E-state index is 13.6. The van der Waals surface area contributed by atoms with Gasteiger partial charge in [0.25, 0.3) is 5.91 Å². The number of terminal acetylenes is 1. The van der Waals surface area contributed by atoms with Crippen molar-refractivity contribution in [2.24, 2.45) is 5.41 Å². The summed E-state index contributed by atoms with van der Waals surface area (Å²) >= 11 is 0. The summed E-state index contributed by atoms with van der Waals surface area (Å²) in [5, 5.41) is 16.0. The fourth-order valence-corrected chi connectivity index (χ4v) is 3.95. The Labute approximate surface area is 200 Å². The standard InChI is InChI=1S/C27H31N3O4/c1-5-18-11-13-19(14-12-18)16-28-25(33)22-15-21(31)17-30(22)26(34)23(27(2,3)4)29-24(32)20-9-7-6-8-10-20/h1,6-14,21-23,31H,15-17H2,2-4H3,(H,28,33)(H,29,32)/t21-,22+,23-/m1/s1. The molecule has 1 saturated heterocycles. The van der Waals surface area contributed by atoms with Crippen LogP contribution in [0, 0.1) is 17.8 Å². The maximum atomic E-state index is 13.6. The van der Waals surface area contributed by atoms with E-state index in [-0.39, 0.29) is 31.3 Å². The molecule has 3 N–H and O–H groups in total. The number of carbonyl (C=O) groups is 3. The number of rotatable bonds is 6. The fourth-order valence-electron chi connectivity index (χ4n) is 3.95. The molecule has 3 atom stereocenters. The Morgan fingerprint density at radius 1 is 1.12 bits per heavy atom. The first-order chi connectivity index (χ1) is 16.1. The third-order valence-corrected chi connectivity index (χ3v) is 5.88. The molecule has 178 valence electrons. The van der Waals surface area contributed by atoms with E-state index >= 15 is 0 Å². The van der Waals surface area contributed by atoms with Crippen molar-refractivity contribution >= 4 is 17.7 Å². The molecule has 0 unspecified atom stereocenters. The highest BCUT2D eigenvalue weighted by atomic mass is 16.3. The van der Waals surface area contributed by atoms with Crippen LogP contribution in [0.2, 0.25) is 0 Å². The number of hydrogen-bond donors (Lipinski definition) is 3. The second-order valence-electron chi connectivity index (χ2n) is 9.59.